The fraction of sp³-hybridized carbons (Fsp3) is 0.188. The highest BCUT2D eigenvalue weighted by Gasteiger charge is 2.30. The van der Waals surface area contributed by atoms with Gasteiger partial charge in [-0.3, -0.25) is 24.4 Å². The molecule has 3 rings (SSSR count). The van der Waals surface area contributed by atoms with E-state index in [1.54, 1.807) is 23.8 Å². The van der Waals surface area contributed by atoms with Gasteiger partial charge in [-0.1, -0.05) is 28.9 Å². The van der Waals surface area contributed by atoms with Crippen LogP contribution in [0.1, 0.15) is 23.7 Å². The Labute approximate surface area is 140 Å². The molecule has 0 spiro atoms. The molecule has 118 valence electrons. The van der Waals surface area contributed by atoms with Crippen LogP contribution >= 0.6 is 15.9 Å². The molecular formula is C16H14BrN3O3. The van der Waals surface area contributed by atoms with Crippen LogP contribution in [0, 0.1) is 0 Å². The number of carbonyl (C=O) groups excluding carboxylic acids is 3. The first-order valence-electron chi connectivity index (χ1n) is 7.07. The summed E-state index contributed by atoms with van der Waals surface area (Å²) in [4.78, 5) is 36.8. The number of likely N-dealkylation sites (N-methyl/N-ethyl adjacent to an activating group) is 1. The normalized spacial score (nSPS) is 16.5. The Hall–Kier alpha value is -2.41. The number of nitrogens with one attached hydrogen (secondary N) is 1. The summed E-state index contributed by atoms with van der Waals surface area (Å²) in [5.41, 5.74) is 1.72. The lowest BCUT2D eigenvalue weighted by Gasteiger charge is -2.06. The number of carbonyl (C=O) groups is 3. The predicted molar refractivity (Wildman–Crippen MR) is 89.8 cm³/mol. The van der Waals surface area contributed by atoms with Crippen LogP contribution in [0.15, 0.2) is 34.6 Å². The van der Waals surface area contributed by atoms with Gasteiger partial charge in [0, 0.05) is 35.1 Å². The van der Waals surface area contributed by atoms with E-state index < -0.39 is 11.9 Å². The minimum atomic E-state index is -0.461. The number of rotatable bonds is 2. The van der Waals surface area contributed by atoms with Gasteiger partial charge in [0.05, 0.1) is 5.52 Å². The second-order valence-corrected chi connectivity index (χ2v) is 6.13. The maximum absolute atomic E-state index is 12.2. The highest BCUT2D eigenvalue weighted by molar-refractivity contribution is 9.10. The summed E-state index contributed by atoms with van der Waals surface area (Å²) in [7, 11) is 1.53. The van der Waals surface area contributed by atoms with E-state index in [0.29, 0.717) is 12.0 Å². The average molecular weight is 376 g/mol. The number of aromatic nitrogens is 1. The fourth-order valence-corrected chi connectivity index (χ4v) is 2.88. The standard InChI is InChI=1S/C16H14BrN3O3/c1-3-14(21)20-8-9(11-5-4-10(17)7-12(11)20)6-13-15(22)18-16(23)19(13)2/h4-8H,3H2,1-2H3,(H,18,22,23)/b13-6+. The van der Waals surface area contributed by atoms with Gasteiger partial charge in [0.1, 0.15) is 5.70 Å². The van der Waals surface area contributed by atoms with Crippen molar-refractivity contribution in [2.45, 2.75) is 13.3 Å². The van der Waals surface area contributed by atoms with Gasteiger partial charge in [-0.15, -0.1) is 0 Å². The summed E-state index contributed by atoms with van der Waals surface area (Å²) in [5, 5.41) is 3.07. The minimum absolute atomic E-state index is 0.0435. The van der Waals surface area contributed by atoms with Gasteiger partial charge in [-0.25, -0.2) is 4.79 Å². The van der Waals surface area contributed by atoms with Crippen LogP contribution in [0.2, 0.25) is 0 Å². The van der Waals surface area contributed by atoms with Gasteiger partial charge in [-0.2, -0.15) is 0 Å². The summed E-state index contributed by atoms with van der Waals surface area (Å²) in [6, 6.07) is 5.14. The maximum Gasteiger partial charge on any atom is 0.328 e. The van der Waals surface area contributed by atoms with Crippen molar-refractivity contribution < 1.29 is 14.4 Å². The molecular weight excluding hydrogens is 362 g/mol. The summed E-state index contributed by atoms with van der Waals surface area (Å²) in [6.07, 6.45) is 3.68. The Morgan fingerprint density at radius 2 is 2.09 bits per heavy atom. The number of nitrogens with zero attached hydrogens (tertiary/aromatic N) is 2. The third-order valence-electron chi connectivity index (χ3n) is 3.78. The molecule has 1 aromatic heterocycles. The van der Waals surface area contributed by atoms with Gasteiger partial charge >= 0.3 is 6.03 Å². The Bertz CT molecular complexity index is 882. The Morgan fingerprint density at radius 1 is 1.35 bits per heavy atom. The molecule has 3 amide bonds. The topological polar surface area (TPSA) is 71.4 Å². The van der Waals surface area contributed by atoms with E-state index in [1.165, 1.54) is 11.9 Å². The lowest BCUT2D eigenvalue weighted by atomic mass is 10.1. The van der Waals surface area contributed by atoms with Crippen molar-refractivity contribution in [1.82, 2.24) is 14.8 Å². The van der Waals surface area contributed by atoms with Crippen molar-refractivity contribution in [3.63, 3.8) is 0 Å². The van der Waals surface area contributed by atoms with Crippen LogP contribution < -0.4 is 5.32 Å². The van der Waals surface area contributed by atoms with Gasteiger partial charge in [-0.05, 0) is 18.2 Å². The number of urea groups is 1. The molecule has 0 aliphatic carbocycles. The number of hydrogen-bond donors (Lipinski definition) is 1. The van der Waals surface area contributed by atoms with Crippen LogP contribution in [-0.2, 0) is 4.79 Å². The van der Waals surface area contributed by atoms with E-state index in [4.69, 9.17) is 0 Å². The summed E-state index contributed by atoms with van der Waals surface area (Å²) >= 11 is 3.41. The molecule has 1 aliphatic rings. The highest BCUT2D eigenvalue weighted by atomic mass is 79.9. The van der Waals surface area contributed by atoms with Crippen molar-refractivity contribution in [2.24, 2.45) is 0 Å². The van der Waals surface area contributed by atoms with Crippen molar-refractivity contribution in [3.05, 3.63) is 40.1 Å². The van der Waals surface area contributed by atoms with Crippen LogP contribution in [0.3, 0.4) is 0 Å². The molecule has 23 heavy (non-hydrogen) atoms. The lowest BCUT2D eigenvalue weighted by Crippen LogP contribution is -2.24. The molecule has 6 nitrogen and oxygen atoms in total. The summed E-state index contributed by atoms with van der Waals surface area (Å²) in [5.74, 6) is -0.490. The molecule has 0 atom stereocenters. The van der Waals surface area contributed by atoms with Gasteiger partial charge in [0.2, 0.25) is 5.91 Å². The van der Waals surface area contributed by atoms with Crippen LogP contribution in [-0.4, -0.2) is 34.4 Å². The fourth-order valence-electron chi connectivity index (χ4n) is 2.53. The van der Waals surface area contributed by atoms with Crippen molar-refractivity contribution in [2.75, 3.05) is 7.05 Å². The molecule has 2 aromatic rings. The average Bonchev–Trinajstić information content (AvgIpc) is 2.99. The molecule has 2 heterocycles. The summed E-state index contributed by atoms with van der Waals surface area (Å²) < 4.78 is 2.43. The molecule has 0 radical (unpaired) electrons. The minimum Gasteiger partial charge on any atom is -0.292 e. The van der Waals surface area contributed by atoms with Gasteiger partial charge < -0.3 is 0 Å². The first-order valence-corrected chi connectivity index (χ1v) is 7.86. The third-order valence-corrected chi connectivity index (χ3v) is 4.27. The number of amides is 3. The Morgan fingerprint density at radius 3 is 2.70 bits per heavy atom. The zero-order valence-electron chi connectivity index (χ0n) is 12.6. The molecule has 0 bridgehead atoms. The zero-order valence-corrected chi connectivity index (χ0v) is 14.2. The number of benzene rings is 1. The summed E-state index contributed by atoms with van der Waals surface area (Å²) in [6.45, 7) is 1.79. The van der Waals surface area contributed by atoms with E-state index in [1.807, 2.05) is 18.2 Å². The van der Waals surface area contributed by atoms with Gasteiger partial charge in [0.25, 0.3) is 5.91 Å². The second kappa shape index (κ2) is 5.66. The Balaban J connectivity index is 2.21. The van der Waals surface area contributed by atoms with Crippen LogP contribution in [0.4, 0.5) is 4.79 Å². The number of fused-ring (bicyclic) bond motifs is 1. The smallest absolute Gasteiger partial charge is 0.292 e. The second-order valence-electron chi connectivity index (χ2n) is 5.21. The van der Waals surface area contributed by atoms with E-state index in [2.05, 4.69) is 21.2 Å². The largest absolute Gasteiger partial charge is 0.328 e. The van der Waals surface area contributed by atoms with E-state index in [0.717, 1.165) is 15.4 Å². The maximum atomic E-state index is 12.2. The predicted octanol–water partition coefficient (Wildman–Crippen LogP) is 2.98. The van der Waals surface area contributed by atoms with E-state index >= 15 is 0 Å². The van der Waals surface area contributed by atoms with E-state index in [-0.39, 0.29) is 11.6 Å². The lowest BCUT2D eigenvalue weighted by molar-refractivity contribution is -0.115. The van der Waals surface area contributed by atoms with E-state index in [9.17, 15) is 14.4 Å². The number of hydrogen-bond acceptors (Lipinski definition) is 3. The number of halogens is 1. The first kappa shape index (κ1) is 15.5. The molecule has 1 saturated heterocycles. The molecule has 1 fully saturated rings. The SMILES string of the molecule is CCC(=O)n1cc(/C=C2\C(=O)NC(=O)N2C)c2ccc(Br)cc21. The molecule has 7 heteroatoms. The van der Waals surface area contributed by atoms with Crippen LogP contribution in [0.25, 0.3) is 17.0 Å². The van der Waals surface area contributed by atoms with Gasteiger partial charge in [0.15, 0.2) is 0 Å². The number of imide groups is 1. The van der Waals surface area contributed by atoms with Crippen molar-refractivity contribution >= 4 is 50.8 Å². The molecule has 0 unspecified atom stereocenters. The van der Waals surface area contributed by atoms with Crippen molar-refractivity contribution in [3.8, 4) is 0 Å². The monoisotopic (exact) mass is 375 g/mol. The third kappa shape index (κ3) is 2.57. The molecule has 0 saturated carbocycles. The van der Waals surface area contributed by atoms with Crippen LogP contribution in [0.5, 0.6) is 0 Å². The highest BCUT2D eigenvalue weighted by Crippen LogP contribution is 2.28. The quantitative estimate of drug-likeness (QED) is 0.647. The zero-order chi connectivity index (χ0) is 16.7. The Kier molecular flexibility index (Phi) is 3.81. The molecule has 1 N–H and O–H groups in total. The first-order chi connectivity index (χ1) is 10.9. The molecule has 1 aromatic carbocycles. The molecule has 1 aliphatic heterocycles. The van der Waals surface area contributed by atoms with Crippen molar-refractivity contribution in [1.29, 1.82) is 0 Å².